The van der Waals surface area contributed by atoms with Crippen LogP contribution in [0.2, 0.25) is 0 Å². The van der Waals surface area contributed by atoms with Crippen molar-refractivity contribution in [1.29, 1.82) is 0 Å². The quantitative estimate of drug-likeness (QED) is 0.396. The van der Waals surface area contributed by atoms with E-state index in [0.29, 0.717) is 61.0 Å². The average Bonchev–Trinajstić information content (AvgIpc) is 3.53. The van der Waals surface area contributed by atoms with Gasteiger partial charge in [-0.25, -0.2) is 14.2 Å². The number of aryl methyl sites for hydroxylation is 1. The van der Waals surface area contributed by atoms with E-state index in [1.807, 2.05) is 4.90 Å². The standard InChI is InChI=1S/C28H32FN7O6/c1-17-25(35-9-8-30-15-23(35)31-17)26(38)32-18(2)27(39)34-12-10-33(11-13-34)22-6-4-19(14-21(22)29)36-16-20(42-28(36)40)5-7-24(37)41-3/h4,6,8-9,14-15,18,20H,5,7,10-13,16H2,1-3H3,(H,32,38)/t18-,20-/m0/s1. The number of methoxy groups -OCH3 is 1. The van der Waals surface area contributed by atoms with Gasteiger partial charge in [-0.3, -0.25) is 28.7 Å². The molecule has 5 rings (SSSR count). The van der Waals surface area contributed by atoms with Gasteiger partial charge in [0.1, 0.15) is 23.7 Å². The maximum Gasteiger partial charge on any atom is 0.414 e. The molecule has 1 N–H and O–H groups in total. The highest BCUT2D eigenvalue weighted by Gasteiger charge is 2.34. The zero-order valence-corrected chi connectivity index (χ0v) is 23.6. The molecule has 2 fully saturated rings. The van der Waals surface area contributed by atoms with Crippen molar-refractivity contribution in [1.82, 2.24) is 24.6 Å². The molecule has 0 saturated carbocycles. The average molecular weight is 582 g/mol. The minimum absolute atomic E-state index is 0.120. The number of benzene rings is 1. The van der Waals surface area contributed by atoms with Crippen LogP contribution in [0.15, 0.2) is 36.8 Å². The molecule has 2 aromatic heterocycles. The molecule has 1 aromatic carbocycles. The SMILES string of the molecule is COC(=O)CC[C@H]1CN(c2ccc(N3CCN(C(=O)[C@H](C)NC(=O)c4c(C)nc5cnccn45)CC3)c(F)c2)C(=O)O1. The van der Waals surface area contributed by atoms with Gasteiger partial charge >= 0.3 is 12.1 Å². The molecule has 14 heteroatoms. The summed E-state index contributed by atoms with van der Waals surface area (Å²) in [5, 5.41) is 2.77. The predicted octanol–water partition coefficient (Wildman–Crippen LogP) is 1.92. The van der Waals surface area contributed by atoms with Gasteiger partial charge in [0.2, 0.25) is 5.91 Å². The molecule has 4 heterocycles. The highest BCUT2D eigenvalue weighted by molar-refractivity contribution is 5.97. The first-order chi connectivity index (χ1) is 20.2. The Kier molecular flexibility index (Phi) is 8.22. The van der Waals surface area contributed by atoms with Gasteiger partial charge in [-0.05, 0) is 38.5 Å². The topological polar surface area (TPSA) is 139 Å². The third kappa shape index (κ3) is 5.83. The van der Waals surface area contributed by atoms with Gasteiger partial charge in [0, 0.05) is 45.0 Å². The molecule has 222 valence electrons. The van der Waals surface area contributed by atoms with Crippen molar-refractivity contribution in [3.05, 3.63) is 54.0 Å². The molecular weight excluding hydrogens is 549 g/mol. The number of piperazine rings is 1. The molecule has 0 spiro atoms. The lowest BCUT2D eigenvalue weighted by atomic mass is 10.1. The number of fused-ring (bicyclic) bond motifs is 1. The summed E-state index contributed by atoms with van der Waals surface area (Å²) in [5.74, 6) is -1.54. The molecule has 3 amide bonds. The Balaban J connectivity index is 1.15. The molecule has 3 aromatic rings. The normalized spacial score (nSPS) is 17.8. The Morgan fingerprint density at radius 1 is 1.21 bits per heavy atom. The molecule has 0 bridgehead atoms. The van der Waals surface area contributed by atoms with E-state index in [0.717, 1.165) is 0 Å². The Hall–Kier alpha value is -4.75. The fraction of sp³-hybridized carbons (Fsp3) is 0.429. The van der Waals surface area contributed by atoms with E-state index in [2.05, 4.69) is 20.0 Å². The summed E-state index contributed by atoms with van der Waals surface area (Å²) in [6.07, 6.45) is 4.11. The van der Waals surface area contributed by atoms with Crippen molar-refractivity contribution in [3.8, 4) is 0 Å². The summed E-state index contributed by atoms with van der Waals surface area (Å²) in [6, 6.07) is 3.76. The third-order valence-electron chi connectivity index (χ3n) is 7.48. The third-order valence-corrected chi connectivity index (χ3v) is 7.48. The number of hydrogen-bond acceptors (Lipinski definition) is 9. The lowest BCUT2D eigenvalue weighted by Crippen LogP contribution is -2.54. The Labute approximate surface area is 241 Å². The molecule has 2 atom stereocenters. The fourth-order valence-electron chi connectivity index (χ4n) is 5.25. The van der Waals surface area contributed by atoms with Gasteiger partial charge in [-0.15, -0.1) is 0 Å². The molecule has 42 heavy (non-hydrogen) atoms. The van der Waals surface area contributed by atoms with Crippen molar-refractivity contribution in [2.24, 2.45) is 0 Å². The molecule has 13 nitrogen and oxygen atoms in total. The minimum Gasteiger partial charge on any atom is -0.469 e. The van der Waals surface area contributed by atoms with E-state index in [4.69, 9.17) is 4.74 Å². The number of nitrogens with one attached hydrogen (secondary N) is 1. The molecule has 2 aliphatic rings. The number of aromatic nitrogens is 3. The number of hydrogen-bond donors (Lipinski definition) is 1. The molecule has 2 saturated heterocycles. The number of halogens is 1. The van der Waals surface area contributed by atoms with Crippen LogP contribution in [0.4, 0.5) is 20.6 Å². The van der Waals surface area contributed by atoms with Gasteiger partial charge in [-0.2, -0.15) is 0 Å². The lowest BCUT2D eigenvalue weighted by molar-refractivity contribution is -0.141. The minimum atomic E-state index is -0.775. The van der Waals surface area contributed by atoms with Gasteiger partial charge in [0.25, 0.3) is 5.91 Å². The smallest absolute Gasteiger partial charge is 0.414 e. The maximum atomic E-state index is 15.2. The van der Waals surface area contributed by atoms with Gasteiger partial charge in [0.15, 0.2) is 5.65 Å². The summed E-state index contributed by atoms with van der Waals surface area (Å²) in [6.45, 7) is 5.04. The number of rotatable bonds is 8. The largest absolute Gasteiger partial charge is 0.469 e. The van der Waals surface area contributed by atoms with Crippen molar-refractivity contribution < 1.29 is 33.0 Å². The first-order valence-corrected chi connectivity index (χ1v) is 13.6. The van der Waals surface area contributed by atoms with E-state index in [-0.39, 0.29) is 18.9 Å². The van der Waals surface area contributed by atoms with E-state index in [1.165, 1.54) is 18.1 Å². The van der Waals surface area contributed by atoms with Crippen LogP contribution in [0, 0.1) is 12.7 Å². The summed E-state index contributed by atoms with van der Waals surface area (Å²) in [5.41, 5.74) is 2.13. The Morgan fingerprint density at radius 3 is 2.69 bits per heavy atom. The Bertz CT molecular complexity index is 1520. The van der Waals surface area contributed by atoms with Crippen molar-refractivity contribution in [2.45, 2.75) is 38.8 Å². The van der Waals surface area contributed by atoms with Crippen molar-refractivity contribution in [3.63, 3.8) is 0 Å². The number of imidazole rings is 1. The zero-order chi connectivity index (χ0) is 30.0. The number of carbonyl (C=O) groups is 4. The number of esters is 1. The fourth-order valence-corrected chi connectivity index (χ4v) is 5.25. The van der Waals surface area contributed by atoms with Crippen LogP contribution in [0.3, 0.4) is 0 Å². The molecule has 2 aliphatic heterocycles. The second-order valence-corrected chi connectivity index (χ2v) is 10.2. The number of ether oxygens (including phenoxy) is 2. The summed E-state index contributed by atoms with van der Waals surface area (Å²) < 4.78 is 26.8. The van der Waals surface area contributed by atoms with Crippen molar-refractivity contribution in [2.75, 3.05) is 49.6 Å². The van der Waals surface area contributed by atoms with Crippen LogP contribution in [-0.4, -0.2) is 95.1 Å². The maximum absolute atomic E-state index is 15.2. The van der Waals surface area contributed by atoms with Crippen molar-refractivity contribution >= 4 is 40.9 Å². The van der Waals surface area contributed by atoms with Crippen LogP contribution in [0.1, 0.15) is 35.9 Å². The first kappa shape index (κ1) is 28.8. The lowest BCUT2D eigenvalue weighted by Gasteiger charge is -2.37. The molecule has 0 radical (unpaired) electrons. The van der Waals surface area contributed by atoms with Crippen LogP contribution < -0.4 is 15.1 Å². The second-order valence-electron chi connectivity index (χ2n) is 10.2. The number of nitrogens with zero attached hydrogens (tertiary/aromatic N) is 6. The number of amides is 3. The zero-order valence-electron chi connectivity index (χ0n) is 23.6. The van der Waals surface area contributed by atoms with Gasteiger partial charge < -0.3 is 24.6 Å². The predicted molar refractivity (Wildman–Crippen MR) is 149 cm³/mol. The van der Waals surface area contributed by atoms with E-state index in [9.17, 15) is 19.2 Å². The summed E-state index contributed by atoms with van der Waals surface area (Å²) in [4.78, 5) is 63.0. The molecule has 0 unspecified atom stereocenters. The summed E-state index contributed by atoms with van der Waals surface area (Å²) >= 11 is 0. The van der Waals surface area contributed by atoms with Crippen LogP contribution in [0.5, 0.6) is 0 Å². The molecule has 0 aliphatic carbocycles. The van der Waals surface area contributed by atoms with Gasteiger partial charge in [-0.1, -0.05) is 0 Å². The van der Waals surface area contributed by atoms with E-state index < -0.39 is 35.9 Å². The summed E-state index contributed by atoms with van der Waals surface area (Å²) in [7, 11) is 1.29. The van der Waals surface area contributed by atoms with Crippen LogP contribution in [0.25, 0.3) is 5.65 Å². The van der Waals surface area contributed by atoms with E-state index >= 15 is 4.39 Å². The Morgan fingerprint density at radius 2 is 1.98 bits per heavy atom. The van der Waals surface area contributed by atoms with E-state index in [1.54, 1.807) is 53.9 Å². The monoisotopic (exact) mass is 581 g/mol. The molecular formula is C28H32FN7O6. The van der Waals surface area contributed by atoms with Crippen LogP contribution >= 0.6 is 0 Å². The number of anilines is 2. The highest BCUT2D eigenvalue weighted by atomic mass is 19.1. The van der Waals surface area contributed by atoms with Crippen LogP contribution in [-0.2, 0) is 19.1 Å². The second kappa shape index (κ2) is 12.0. The highest BCUT2D eigenvalue weighted by Crippen LogP contribution is 2.29. The van der Waals surface area contributed by atoms with Gasteiger partial charge in [0.05, 0.1) is 36.9 Å². The number of cyclic esters (lactones) is 1. The number of carbonyl (C=O) groups excluding carboxylic acids is 4. The first-order valence-electron chi connectivity index (χ1n) is 13.6.